The van der Waals surface area contributed by atoms with E-state index in [1.807, 2.05) is 0 Å². The minimum Gasteiger partial charge on any atom is -0.449 e. The van der Waals surface area contributed by atoms with Crippen LogP contribution in [0.3, 0.4) is 0 Å². The van der Waals surface area contributed by atoms with Crippen molar-refractivity contribution in [3.8, 4) is 0 Å². The van der Waals surface area contributed by atoms with E-state index < -0.39 is 33.7 Å². The zero-order valence-corrected chi connectivity index (χ0v) is 15.5. The quantitative estimate of drug-likeness (QED) is 0.441. The van der Waals surface area contributed by atoms with Crippen molar-refractivity contribution in [2.24, 2.45) is 0 Å². The Bertz CT molecular complexity index is 899. The highest BCUT2D eigenvalue weighted by atomic mass is 32.2. The van der Waals surface area contributed by atoms with Gasteiger partial charge < -0.3 is 10.1 Å². The van der Waals surface area contributed by atoms with Crippen LogP contribution in [0.1, 0.15) is 24.2 Å². The lowest BCUT2D eigenvalue weighted by molar-refractivity contribution is -0.383. The molecule has 0 aliphatic rings. The number of hydrogen-bond acceptors (Lipinski definition) is 6. The van der Waals surface area contributed by atoms with Gasteiger partial charge >= 0.3 is 5.97 Å². The molecular formula is C18H18N2O6S. The highest BCUT2D eigenvalue weighted by Gasteiger charge is 2.24. The molecule has 0 saturated carbocycles. The van der Waals surface area contributed by atoms with E-state index in [1.165, 1.54) is 37.3 Å². The first-order valence-electron chi connectivity index (χ1n) is 8.07. The molecule has 0 spiro atoms. The molecule has 0 bridgehead atoms. The second-order valence-electron chi connectivity index (χ2n) is 5.44. The van der Waals surface area contributed by atoms with Crippen molar-refractivity contribution in [3.05, 3.63) is 64.2 Å². The number of nitrogens with one attached hydrogen (secondary N) is 1. The molecule has 0 saturated heterocycles. The van der Waals surface area contributed by atoms with Crippen LogP contribution >= 0.6 is 0 Å². The normalized spacial score (nSPS) is 12.7. The molecule has 0 heterocycles. The summed E-state index contributed by atoms with van der Waals surface area (Å²) >= 11 is 0. The highest BCUT2D eigenvalue weighted by Crippen LogP contribution is 2.23. The third-order valence-corrected chi connectivity index (χ3v) is 5.00. The Morgan fingerprint density at radius 1 is 1.19 bits per heavy atom. The minimum atomic E-state index is -1.36. The van der Waals surface area contributed by atoms with Crippen LogP contribution in [0.4, 0.5) is 11.4 Å². The number of esters is 1. The van der Waals surface area contributed by atoms with E-state index in [-0.39, 0.29) is 16.9 Å². The number of para-hydroxylation sites is 2. The van der Waals surface area contributed by atoms with Crippen molar-refractivity contribution in [1.29, 1.82) is 0 Å². The number of nitro benzene ring substituents is 1. The van der Waals surface area contributed by atoms with Crippen LogP contribution in [-0.4, -0.2) is 32.9 Å². The Morgan fingerprint density at radius 2 is 1.81 bits per heavy atom. The van der Waals surface area contributed by atoms with Gasteiger partial charge in [0, 0.05) is 11.8 Å². The van der Waals surface area contributed by atoms with Crippen molar-refractivity contribution in [3.63, 3.8) is 0 Å². The third-order valence-electron chi connectivity index (χ3n) is 3.63. The number of rotatable bonds is 7. The fraction of sp³-hybridized carbons (Fsp3) is 0.222. The van der Waals surface area contributed by atoms with E-state index in [9.17, 15) is 23.9 Å². The molecule has 0 aliphatic heterocycles. The van der Waals surface area contributed by atoms with Gasteiger partial charge in [0.1, 0.15) is 5.69 Å². The van der Waals surface area contributed by atoms with Crippen LogP contribution in [-0.2, 0) is 20.3 Å². The van der Waals surface area contributed by atoms with Gasteiger partial charge in [-0.3, -0.25) is 19.1 Å². The Morgan fingerprint density at radius 3 is 2.48 bits per heavy atom. The standard InChI is InChI=1S/C18H18N2O6S/c1-3-27(25)16-11-7-4-8-13(16)18(22)26-12(2)17(21)19-14-9-5-6-10-15(14)20(23)24/h4-12H,3H2,1-2H3,(H,19,21)/t12-,27-/m1/s1. The van der Waals surface area contributed by atoms with E-state index in [4.69, 9.17) is 4.74 Å². The Kier molecular flexibility index (Phi) is 6.78. The number of ether oxygens (including phenoxy) is 1. The number of anilines is 1. The summed E-state index contributed by atoms with van der Waals surface area (Å²) in [6.45, 7) is 3.07. The summed E-state index contributed by atoms with van der Waals surface area (Å²) < 4.78 is 17.2. The molecule has 2 aromatic rings. The fourth-order valence-electron chi connectivity index (χ4n) is 2.24. The second kappa shape index (κ2) is 9.04. The van der Waals surface area contributed by atoms with Gasteiger partial charge in [0.2, 0.25) is 0 Å². The Hall–Kier alpha value is -3.07. The lowest BCUT2D eigenvalue weighted by Crippen LogP contribution is -2.30. The molecule has 27 heavy (non-hydrogen) atoms. The zero-order valence-electron chi connectivity index (χ0n) is 14.7. The molecule has 2 atom stereocenters. The van der Waals surface area contributed by atoms with Gasteiger partial charge in [0.25, 0.3) is 11.6 Å². The van der Waals surface area contributed by atoms with Crippen molar-refractivity contribution in [2.45, 2.75) is 24.8 Å². The first-order valence-corrected chi connectivity index (χ1v) is 9.39. The summed E-state index contributed by atoms with van der Waals surface area (Å²) in [7, 11) is -1.36. The van der Waals surface area contributed by atoms with E-state index >= 15 is 0 Å². The molecule has 1 N–H and O–H groups in total. The second-order valence-corrected chi connectivity index (χ2v) is 7.15. The van der Waals surface area contributed by atoms with Gasteiger partial charge in [-0.2, -0.15) is 0 Å². The summed E-state index contributed by atoms with van der Waals surface area (Å²) in [4.78, 5) is 35.4. The first-order chi connectivity index (χ1) is 12.8. The molecule has 8 nitrogen and oxygen atoms in total. The van der Waals surface area contributed by atoms with Gasteiger partial charge in [-0.15, -0.1) is 0 Å². The summed E-state index contributed by atoms with van der Waals surface area (Å²) in [6.07, 6.45) is -1.21. The number of carbonyl (C=O) groups excluding carboxylic acids is 2. The third kappa shape index (κ3) is 4.98. The molecule has 0 aliphatic carbocycles. The lowest BCUT2D eigenvalue weighted by atomic mass is 10.2. The van der Waals surface area contributed by atoms with Gasteiger partial charge in [-0.05, 0) is 25.1 Å². The van der Waals surface area contributed by atoms with E-state index in [2.05, 4.69) is 5.32 Å². The van der Waals surface area contributed by atoms with Crippen molar-refractivity contribution in [1.82, 2.24) is 0 Å². The topological polar surface area (TPSA) is 116 Å². The molecule has 2 aromatic carbocycles. The van der Waals surface area contributed by atoms with Gasteiger partial charge in [0.15, 0.2) is 6.10 Å². The molecule has 1 amide bonds. The number of benzene rings is 2. The van der Waals surface area contributed by atoms with Gasteiger partial charge in [-0.1, -0.05) is 31.2 Å². The number of hydrogen-bond donors (Lipinski definition) is 1. The van der Waals surface area contributed by atoms with Gasteiger partial charge in [-0.25, -0.2) is 4.79 Å². The number of nitrogens with zero attached hydrogens (tertiary/aromatic N) is 1. The van der Waals surface area contributed by atoms with Crippen LogP contribution in [0.5, 0.6) is 0 Å². The summed E-state index contributed by atoms with van der Waals surface area (Å²) in [5, 5.41) is 13.4. The maximum Gasteiger partial charge on any atom is 0.340 e. The smallest absolute Gasteiger partial charge is 0.340 e. The molecule has 9 heteroatoms. The average molecular weight is 390 g/mol. The van der Waals surface area contributed by atoms with E-state index in [0.29, 0.717) is 10.6 Å². The SMILES string of the molecule is CC[S@@](=O)c1ccccc1C(=O)O[C@H](C)C(=O)Nc1ccccc1[N+](=O)[O-]. The summed E-state index contributed by atoms with van der Waals surface area (Å²) in [6, 6.07) is 11.9. The molecular weight excluding hydrogens is 372 g/mol. The Balaban J connectivity index is 2.13. The molecule has 0 aromatic heterocycles. The number of carbonyl (C=O) groups is 2. The van der Waals surface area contributed by atoms with Crippen LogP contribution in [0.2, 0.25) is 0 Å². The Labute approximate surface area is 158 Å². The first kappa shape index (κ1) is 20.2. The van der Waals surface area contributed by atoms with Gasteiger partial charge in [0.05, 0.1) is 26.2 Å². The van der Waals surface area contributed by atoms with Crippen molar-refractivity contribution in [2.75, 3.05) is 11.1 Å². The summed E-state index contributed by atoms with van der Waals surface area (Å²) in [5.41, 5.74) is -0.154. The zero-order chi connectivity index (χ0) is 20.0. The largest absolute Gasteiger partial charge is 0.449 e. The maximum atomic E-state index is 12.4. The molecule has 0 unspecified atom stereocenters. The van der Waals surface area contributed by atoms with Crippen LogP contribution < -0.4 is 5.32 Å². The van der Waals surface area contributed by atoms with E-state index in [1.54, 1.807) is 25.1 Å². The van der Waals surface area contributed by atoms with Crippen molar-refractivity contribution < 1.29 is 23.5 Å². The maximum absolute atomic E-state index is 12.4. The molecule has 0 radical (unpaired) electrons. The summed E-state index contributed by atoms with van der Waals surface area (Å²) in [5.74, 6) is -1.18. The molecule has 0 fully saturated rings. The van der Waals surface area contributed by atoms with Crippen LogP contribution in [0.15, 0.2) is 53.4 Å². The average Bonchev–Trinajstić information content (AvgIpc) is 2.67. The van der Waals surface area contributed by atoms with Crippen LogP contribution in [0.25, 0.3) is 0 Å². The predicted molar refractivity (Wildman–Crippen MR) is 100.0 cm³/mol. The lowest BCUT2D eigenvalue weighted by Gasteiger charge is -2.15. The van der Waals surface area contributed by atoms with Crippen LogP contribution in [0, 0.1) is 10.1 Å². The fourth-order valence-corrected chi connectivity index (χ4v) is 3.18. The highest BCUT2D eigenvalue weighted by molar-refractivity contribution is 7.85. The number of nitro groups is 1. The molecule has 142 valence electrons. The number of amides is 1. The predicted octanol–water partition coefficient (Wildman–Crippen LogP) is 2.91. The van der Waals surface area contributed by atoms with Crippen molar-refractivity contribution >= 4 is 34.1 Å². The monoisotopic (exact) mass is 390 g/mol. The minimum absolute atomic E-state index is 0.00267. The van der Waals surface area contributed by atoms with E-state index in [0.717, 1.165) is 0 Å². The molecule has 2 rings (SSSR count).